The summed E-state index contributed by atoms with van der Waals surface area (Å²) in [6.07, 6.45) is 1.05. The van der Waals surface area contributed by atoms with Crippen molar-refractivity contribution in [3.05, 3.63) is 65.4 Å². The van der Waals surface area contributed by atoms with E-state index in [0.29, 0.717) is 25.3 Å². The number of amides is 3. The van der Waals surface area contributed by atoms with Gasteiger partial charge in [-0.3, -0.25) is 14.4 Å². The lowest BCUT2D eigenvalue weighted by Crippen LogP contribution is -2.66. The first kappa shape index (κ1) is 23.9. The number of piperazine rings is 1. The number of H-pyrrole nitrogens is 1. The van der Waals surface area contributed by atoms with E-state index in [0.717, 1.165) is 33.5 Å². The Kier molecular flexibility index (Phi) is 6.43. The van der Waals surface area contributed by atoms with Crippen molar-refractivity contribution in [2.75, 3.05) is 7.11 Å². The molecule has 3 atom stereocenters. The van der Waals surface area contributed by atoms with Gasteiger partial charge >= 0.3 is 0 Å². The Balaban J connectivity index is 1.41. The highest BCUT2D eigenvalue weighted by molar-refractivity contribution is 6.01. The molecule has 0 radical (unpaired) electrons. The zero-order valence-electron chi connectivity index (χ0n) is 20.8. The van der Waals surface area contributed by atoms with Crippen LogP contribution in [0, 0.1) is 5.92 Å². The molecule has 3 unspecified atom stereocenters. The van der Waals surface area contributed by atoms with Crippen molar-refractivity contribution in [2.45, 2.75) is 57.8 Å². The molecule has 3 amide bonds. The Morgan fingerprint density at radius 2 is 1.94 bits per heavy atom. The molecule has 3 N–H and O–H groups in total. The predicted octanol–water partition coefficient (Wildman–Crippen LogP) is 3.22. The Morgan fingerprint density at radius 3 is 2.67 bits per heavy atom. The molecule has 3 aromatic rings. The van der Waals surface area contributed by atoms with E-state index in [1.54, 1.807) is 12.0 Å². The summed E-state index contributed by atoms with van der Waals surface area (Å²) in [7, 11) is 1.63. The van der Waals surface area contributed by atoms with Gasteiger partial charge in [0.15, 0.2) is 0 Å². The van der Waals surface area contributed by atoms with Crippen LogP contribution in [0.15, 0.2) is 48.5 Å². The van der Waals surface area contributed by atoms with Crippen LogP contribution in [-0.4, -0.2) is 46.8 Å². The molecule has 1 saturated heterocycles. The second-order valence-electron chi connectivity index (χ2n) is 10.1. The average molecular weight is 489 g/mol. The van der Waals surface area contributed by atoms with Crippen molar-refractivity contribution in [3.8, 4) is 5.75 Å². The molecule has 0 saturated carbocycles. The topological polar surface area (TPSA) is 104 Å². The minimum atomic E-state index is -0.884. The molecule has 1 aromatic heterocycles. The lowest BCUT2D eigenvalue weighted by molar-refractivity contribution is -0.154. The summed E-state index contributed by atoms with van der Waals surface area (Å²) in [6.45, 7) is 4.59. The molecular weight excluding hydrogens is 456 g/mol. The smallest absolute Gasteiger partial charge is 0.246 e. The number of aromatic nitrogens is 1. The van der Waals surface area contributed by atoms with Gasteiger partial charge in [-0.05, 0) is 35.6 Å². The Bertz CT molecular complexity index is 1300. The molecule has 0 bridgehead atoms. The van der Waals surface area contributed by atoms with E-state index in [1.165, 1.54) is 0 Å². The highest BCUT2D eigenvalue weighted by Gasteiger charge is 2.48. The van der Waals surface area contributed by atoms with Crippen LogP contribution in [0.4, 0.5) is 0 Å². The molecule has 188 valence electrons. The van der Waals surface area contributed by atoms with Gasteiger partial charge in [0.25, 0.3) is 0 Å². The first-order chi connectivity index (χ1) is 17.4. The van der Waals surface area contributed by atoms with Crippen LogP contribution < -0.4 is 15.4 Å². The molecule has 0 aliphatic carbocycles. The zero-order chi connectivity index (χ0) is 25.4. The Morgan fingerprint density at radius 1 is 1.17 bits per heavy atom. The molecule has 2 aliphatic heterocycles. The fourth-order valence-electron chi connectivity index (χ4n) is 5.44. The van der Waals surface area contributed by atoms with Gasteiger partial charge in [0.2, 0.25) is 17.7 Å². The van der Waals surface area contributed by atoms with E-state index in [2.05, 4.69) is 29.5 Å². The number of methoxy groups -OCH3 is 1. The minimum Gasteiger partial charge on any atom is -0.497 e. The Labute approximate surface area is 210 Å². The molecule has 0 spiro atoms. The van der Waals surface area contributed by atoms with Gasteiger partial charge in [0, 0.05) is 35.6 Å². The first-order valence-corrected chi connectivity index (χ1v) is 12.5. The van der Waals surface area contributed by atoms with Crippen molar-refractivity contribution in [3.63, 3.8) is 0 Å². The van der Waals surface area contributed by atoms with Crippen LogP contribution in [0.1, 0.15) is 49.6 Å². The zero-order valence-corrected chi connectivity index (χ0v) is 20.8. The van der Waals surface area contributed by atoms with E-state index in [1.807, 2.05) is 48.5 Å². The third kappa shape index (κ3) is 4.43. The molecule has 3 heterocycles. The molecule has 8 nitrogen and oxygen atoms in total. The second-order valence-corrected chi connectivity index (χ2v) is 10.1. The van der Waals surface area contributed by atoms with Gasteiger partial charge in [-0.25, -0.2) is 0 Å². The molecule has 2 aromatic carbocycles. The van der Waals surface area contributed by atoms with Crippen LogP contribution in [0.3, 0.4) is 0 Å². The van der Waals surface area contributed by atoms with Crippen LogP contribution >= 0.6 is 0 Å². The van der Waals surface area contributed by atoms with Gasteiger partial charge in [-0.2, -0.15) is 0 Å². The van der Waals surface area contributed by atoms with Crippen LogP contribution in [0.25, 0.3) is 10.9 Å². The van der Waals surface area contributed by atoms with Gasteiger partial charge < -0.3 is 25.3 Å². The summed E-state index contributed by atoms with van der Waals surface area (Å²) < 4.78 is 5.39. The van der Waals surface area contributed by atoms with Crippen molar-refractivity contribution in [1.29, 1.82) is 0 Å². The minimum absolute atomic E-state index is 0.0915. The number of aromatic amines is 1. The third-order valence-corrected chi connectivity index (χ3v) is 7.14. The average Bonchev–Trinajstić information content (AvgIpc) is 3.24. The maximum absolute atomic E-state index is 13.7. The summed E-state index contributed by atoms with van der Waals surface area (Å²) in [5.41, 5.74) is 3.94. The number of nitrogens with one attached hydrogen (secondary N) is 3. The van der Waals surface area contributed by atoms with E-state index >= 15 is 0 Å². The number of rotatable bonds is 7. The largest absolute Gasteiger partial charge is 0.497 e. The van der Waals surface area contributed by atoms with Crippen molar-refractivity contribution in [2.24, 2.45) is 5.92 Å². The number of carbonyl (C=O) groups is 3. The molecule has 5 rings (SSSR count). The number of benzene rings is 2. The fourth-order valence-corrected chi connectivity index (χ4v) is 5.44. The van der Waals surface area contributed by atoms with Gasteiger partial charge in [0.1, 0.15) is 17.8 Å². The number of hydrogen-bond acceptors (Lipinski definition) is 4. The van der Waals surface area contributed by atoms with E-state index in [-0.39, 0.29) is 30.2 Å². The summed E-state index contributed by atoms with van der Waals surface area (Å²) in [5, 5.41) is 6.74. The normalized spacial score (nSPS) is 21.2. The van der Waals surface area contributed by atoms with Gasteiger partial charge in [0.05, 0.1) is 19.6 Å². The predicted molar refractivity (Wildman–Crippen MR) is 136 cm³/mol. The van der Waals surface area contributed by atoms with Crippen molar-refractivity contribution >= 4 is 28.6 Å². The maximum Gasteiger partial charge on any atom is 0.246 e. The molecule has 36 heavy (non-hydrogen) atoms. The van der Waals surface area contributed by atoms with Crippen LogP contribution in [-0.2, 0) is 27.3 Å². The summed E-state index contributed by atoms with van der Waals surface area (Å²) in [5.74, 6) is 0.356. The molecule has 2 aliphatic rings. The van der Waals surface area contributed by atoms with Crippen LogP contribution in [0.2, 0.25) is 0 Å². The van der Waals surface area contributed by atoms with Gasteiger partial charge in [-0.1, -0.05) is 44.2 Å². The molecular formula is C28H32N4O4. The lowest BCUT2D eigenvalue weighted by atomic mass is 9.85. The SMILES string of the molecule is COc1ccc2c3c([nH]c2c1)C(CC(C)C)N1C(=O)C(CC(=O)NCc2ccccc2)NC(=O)C1C3. The van der Waals surface area contributed by atoms with E-state index < -0.39 is 12.1 Å². The quantitative estimate of drug-likeness (QED) is 0.475. The summed E-state index contributed by atoms with van der Waals surface area (Å²) in [6, 6.07) is 13.7. The van der Waals surface area contributed by atoms with Crippen molar-refractivity contribution in [1.82, 2.24) is 20.5 Å². The number of carbonyl (C=O) groups excluding carboxylic acids is 3. The maximum atomic E-state index is 13.7. The number of fused-ring (bicyclic) bond motifs is 4. The van der Waals surface area contributed by atoms with Gasteiger partial charge in [-0.15, -0.1) is 0 Å². The standard InChI is InChI=1S/C28H32N4O4/c1-16(2)11-23-26-20(19-10-9-18(36-3)12-21(19)30-26)13-24-27(34)31-22(28(35)32(23)24)14-25(33)29-15-17-7-5-4-6-8-17/h4-10,12,16,22-24,30H,11,13-15H2,1-3H3,(H,29,33)(H,31,34). The fraction of sp³-hybridized carbons (Fsp3) is 0.393. The molecule has 1 fully saturated rings. The third-order valence-electron chi connectivity index (χ3n) is 7.14. The summed E-state index contributed by atoms with van der Waals surface area (Å²) >= 11 is 0. The number of ether oxygens (including phenoxy) is 1. The van der Waals surface area contributed by atoms with Crippen LogP contribution in [0.5, 0.6) is 5.75 Å². The summed E-state index contributed by atoms with van der Waals surface area (Å²) in [4.78, 5) is 44.9. The number of nitrogens with zero attached hydrogens (tertiary/aromatic N) is 1. The van der Waals surface area contributed by atoms with E-state index in [4.69, 9.17) is 4.74 Å². The lowest BCUT2D eigenvalue weighted by Gasteiger charge is -2.46. The number of hydrogen-bond donors (Lipinski definition) is 3. The Hall–Kier alpha value is -3.81. The highest BCUT2D eigenvalue weighted by Crippen LogP contribution is 2.42. The van der Waals surface area contributed by atoms with Crippen molar-refractivity contribution < 1.29 is 19.1 Å². The van der Waals surface area contributed by atoms with E-state index in [9.17, 15) is 14.4 Å². The highest BCUT2D eigenvalue weighted by atomic mass is 16.5. The first-order valence-electron chi connectivity index (χ1n) is 12.5. The second kappa shape index (κ2) is 9.68. The molecule has 8 heteroatoms. The monoisotopic (exact) mass is 488 g/mol.